The molecule has 0 amide bonds. The molecule has 148 valence electrons. The molecule has 0 atom stereocenters. The topological polar surface area (TPSA) is 82.6 Å². The summed E-state index contributed by atoms with van der Waals surface area (Å²) in [5.41, 5.74) is 9.38. The quantitative estimate of drug-likeness (QED) is 0.746. The van der Waals surface area contributed by atoms with Crippen LogP contribution in [-0.2, 0) is 11.3 Å². The Hall–Kier alpha value is -2.27. The first kappa shape index (κ1) is 20.5. The lowest BCUT2D eigenvalue weighted by Crippen LogP contribution is -2.46. The maximum absolute atomic E-state index is 12.3. The maximum atomic E-state index is 12.3. The lowest BCUT2D eigenvalue weighted by Gasteiger charge is -2.37. The van der Waals surface area contributed by atoms with E-state index in [1.807, 2.05) is 18.2 Å². The van der Waals surface area contributed by atoms with Crippen molar-refractivity contribution in [2.75, 3.05) is 43.4 Å². The van der Waals surface area contributed by atoms with Crippen LogP contribution >= 0.6 is 22.9 Å². The van der Waals surface area contributed by atoms with Gasteiger partial charge in [-0.15, -0.1) is 11.3 Å². The third-order valence-corrected chi connectivity index (χ3v) is 6.15. The van der Waals surface area contributed by atoms with E-state index in [0.717, 1.165) is 48.2 Å². The molecule has 1 saturated heterocycles. The highest BCUT2D eigenvalue weighted by atomic mass is 35.5. The molecule has 28 heavy (non-hydrogen) atoms. The number of esters is 1. The van der Waals surface area contributed by atoms with Crippen LogP contribution < -0.4 is 10.6 Å². The van der Waals surface area contributed by atoms with Crippen molar-refractivity contribution in [2.24, 2.45) is 0 Å². The third kappa shape index (κ3) is 4.25. The van der Waals surface area contributed by atoms with Crippen molar-refractivity contribution < 1.29 is 9.53 Å². The Morgan fingerprint density at radius 1 is 1.36 bits per heavy atom. The summed E-state index contributed by atoms with van der Waals surface area (Å²) in [5, 5.41) is 10.6. The number of nitrogens with two attached hydrogens (primary N) is 1. The van der Waals surface area contributed by atoms with E-state index in [2.05, 4.69) is 22.8 Å². The summed E-state index contributed by atoms with van der Waals surface area (Å²) in [5.74, 6) is -0.413. The van der Waals surface area contributed by atoms with Gasteiger partial charge >= 0.3 is 5.97 Å². The van der Waals surface area contributed by atoms with Crippen LogP contribution in [0.3, 0.4) is 0 Å². The van der Waals surface area contributed by atoms with Crippen molar-refractivity contribution in [3.63, 3.8) is 0 Å². The fourth-order valence-corrected chi connectivity index (χ4v) is 4.50. The highest BCUT2D eigenvalue weighted by Crippen LogP contribution is 2.33. The number of carbonyl (C=O) groups excluding carboxylic acids is 1. The fourth-order valence-electron chi connectivity index (χ4n) is 3.41. The predicted molar refractivity (Wildman–Crippen MR) is 113 cm³/mol. The highest BCUT2D eigenvalue weighted by Gasteiger charge is 2.26. The van der Waals surface area contributed by atoms with Crippen LogP contribution in [0.4, 0.5) is 10.7 Å². The van der Waals surface area contributed by atoms with Gasteiger partial charge in [0.15, 0.2) is 0 Å². The van der Waals surface area contributed by atoms with Crippen LogP contribution in [-0.4, -0.2) is 43.7 Å². The number of piperazine rings is 1. The number of benzene rings is 1. The maximum Gasteiger partial charge on any atom is 0.348 e. The van der Waals surface area contributed by atoms with Gasteiger partial charge in [0.1, 0.15) is 15.9 Å². The van der Waals surface area contributed by atoms with E-state index in [4.69, 9.17) is 22.1 Å². The molecule has 1 aliphatic heterocycles. The van der Waals surface area contributed by atoms with Crippen molar-refractivity contribution >= 4 is 39.6 Å². The summed E-state index contributed by atoms with van der Waals surface area (Å²) in [6, 6.07) is 8.08. The molecule has 3 rings (SSSR count). The van der Waals surface area contributed by atoms with Gasteiger partial charge in [0, 0.05) is 49.0 Å². The average molecular weight is 419 g/mol. The summed E-state index contributed by atoms with van der Waals surface area (Å²) < 4.78 is 5.14. The first-order chi connectivity index (χ1) is 13.4. The van der Waals surface area contributed by atoms with Crippen molar-refractivity contribution in [3.05, 3.63) is 44.8 Å². The lowest BCUT2D eigenvalue weighted by atomic mass is 10.1. The van der Waals surface area contributed by atoms with E-state index >= 15 is 0 Å². The molecule has 6 nitrogen and oxygen atoms in total. The molecule has 0 unspecified atom stereocenters. The number of rotatable bonds is 5. The van der Waals surface area contributed by atoms with Crippen LogP contribution in [0.25, 0.3) is 0 Å². The Labute approximate surface area is 174 Å². The van der Waals surface area contributed by atoms with Crippen LogP contribution in [0, 0.1) is 18.3 Å². The van der Waals surface area contributed by atoms with Crippen LogP contribution in [0.1, 0.15) is 33.3 Å². The first-order valence-corrected chi connectivity index (χ1v) is 10.4. The second-order valence-electron chi connectivity index (χ2n) is 6.68. The molecular weight excluding hydrogens is 396 g/mol. The smallest absolute Gasteiger partial charge is 0.348 e. The van der Waals surface area contributed by atoms with Gasteiger partial charge in [0.05, 0.1) is 12.2 Å². The zero-order chi connectivity index (χ0) is 20.3. The summed E-state index contributed by atoms with van der Waals surface area (Å²) >= 11 is 7.29. The van der Waals surface area contributed by atoms with E-state index in [1.54, 1.807) is 6.92 Å². The normalized spacial score (nSPS) is 14.7. The monoisotopic (exact) mass is 418 g/mol. The van der Waals surface area contributed by atoms with Gasteiger partial charge in [-0.05, 0) is 31.5 Å². The minimum atomic E-state index is -0.413. The van der Waals surface area contributed by atoms with Crippen LogP contribution in [0.5, 0.6) is 0 Å². The molecule has 2 heterocycles. The molecule has 8 heteroatoms. The molecule has 1 aromatic carbocycles. The third-order valence-electron chi connectivity index (χ3n) is 4.87. The molecule has 0 aliphatic carbocycles. The van der Waals surface area contributed by atoms with Crippen molar-refractivity contribution in [1.82, 2.24) is 4.90 Å². The number of nitriles is 1. The minimum absolute atomic E-state index is 0.287. The van der Waals surface area contributed by atoms with E-state index in [1.165, 1.54) is 5.56 Å². The number of thiophene rings is 1. The Morgan fingerprint density at radius 3 is 2.71 bits per heavy atom. The molecule has 2 N–H and O–H groups in total. The van der Waals surface area contributed by atoms with Gasteiger partial charge in [0.2, 0.25) is 0 Å². The molecular formula is C20H23ClN4O2S. The summed E-state index contributed by atoms with van der Waals surface area (Å²) in [6.07, 6.45) is 0. The number of halogens is 1. The minimum Gasteiger partial charge on any atom is -0.462 e. The second-order valence-corrected chi connectivity index (χ2v) is 8.16. The molecule has 1 aromatic heterocycles. The Balaban J connectivity index is 1.74. The summed E-state index contributed by atoms with van der Waals surface area (Å²) in [7, 11) is 0. The molecule has 0 radical (unpaired) electrons. The number of aryl methyl sites for hydroxylation is 1. The van der Waals surface area contributed by atoms with Crippen LogP contribution in [0.15, 0.2) is 18.2 Å². The van der Waals surface area contributed by atoms with Crippen LogP contribution in [0.2, 0.25) is 5.02 Å². The largest absolute Gasteiger partial charge is 0.462 e. The van der Waals surface area contributed by atoms with Crippen molar-refractivity contribution in [1.29, 1.82) is 5.26 Å². The number of nitrogen functional groups attached to an aromatic ring is 1. The number of hydrogen-bond donors (Lipinski definition) is 1. The zero-order valence-corrected chi connectivity index (χ0v) is 17.6. The van der Waals surface area contributed by atoms with E-state index in [0.29, 0.717) is 27.5 Å². The first-order valence-electron chi connectivity index (χ1n) is 9.16. The number of ether oxygens (including phenoxy) is 1. The van der Waals surface area contributed by atoms with E-state index in [-0.39, 0.29) is 6.61 Å². The SMILES string of the molecule is CCOC(=O)c1sc(N)c(C#N)c1CN1CCN(c2cc(Cl)ccc2C)CC1. The zero-order valence-electron chi connectivity index (χ0n) is 16.0. The number of carbonyl (C=O) groups is 1. The number of hydrogen-bond acceptors (Lipinski definition) is 7. The molecule has 1 aliphatic rings. The summed E-state index contributed by atoms with van der Waals surface area (Å²) in [4.78, 5) is 17.3. The van der Waals surface area contributed by atoms with Gasteiger partial charge < -0.3 is 15.4 Å². The van der Waals surface area contributed by atoms with E-state index < -0.39 is 5.97 Å². The van der Waals surface area contributed by atoms with Gasteiger partial charge in [-0.25, -0.2) is 4.79 Å². The van der Waals surface area contributed by atoms with Gasteiger partial charge in [-0.1, -0.05) is 17.7 Å². The van der Waals surface area contributed by atoms with Gasteiger partial charge in [0.25, 0.3) is 0 Å². The highest BCUT2D eigenvalue weighted by molar-refractivity contribution is 7.18. The average Bonchev–Trinajstić information content (AvgIpc) is 3.00. The Bertz CT molecular complexity index is 914. The Morgan fingerprint density at radius 2 is 2.07 bits per heavy atom. The predicted octanol–water partition coefficient (Wildman–Crippen LogP) is 3.66. The van der Waals surface area contributed by atoms with E-state index in [9.17, 15) is 10.1 Å². The second kappa shape index (κ2) is 8.82. The molecule has 1 fully saturated rings. The standard InChI is InChI=1S/C20H23ClN4O2S/c1-3-27-20(26)18-16(15(11-22)19(23)28-18)12-24-6-8-25(9-7-24)17-10-14(21)5-4-13(17)2/h4-5,10H,3,6-9,12,23H2,1-2H3. The summed E-state index contributed by atoms with van der Waals surface area (Å²) in [6.45, 7) is 7.95. The van der Waals surface area contributed by atoms with Gasteiger partial charge in [-0.3, -0.25) is 4.90 Å². The Kier molecular flexibility index (Phi) is 6.45. The lowest BCUT2D eigenvalue weighted by molar-refractivity contribution is 0.0529. The molecule has 0 saturated carbocycles. The van der Waals surface area contributed by atoms with Crippen molar-refractivity contribution in [3.8, 4) is 6.07 Å². The molecule has 0 bridgehead atoms. The molecule has 2 aromatic rings. The van der Waals surface area contributed by atoms with Gasteiger partial charge in [-0.2, -0.15) is 5.26 Å². The molecule has 0 spiro atoms. The van der Waals surface area contributed by atoms with Crippen molar-refractivity contribution in [2.45, 2.75) is 20.4 Å². The number of anilines is 2. The number of nitrogens with zero attached hydrogens (tertiary/aromatic N) is 3. The fraction of sp³-hybridized carbons (Fsp3) is 0.400.